The van der Waals surface area contributed by atoms with E-state index in [1.54, 1.807) is 0 Å². The molecule has 0 unspecified atom stereocenters. The average Bonchev–Trinajstić information content (AvgIpc) is 2.98. The van der Waals surface area contributed by atoms with Crippen LogP contribution in [0, 0.1) is 19.8 Å². The Bertz CT molecular complexity index is 683. The van der Waals surface area contributed by atoms with Crippen molar-refractivity contribution < 1.29 is 18.7 Å². The van der Waals surface area contributed by atoms with E-state index in [9.17, 15) is 4.79 Å². The average molecular weight is 344 g/mol. The molecule has 134 valence electrons. The molecule has 1 saturated heterocycles. The first-order valence-corrected chi connectivity index (χ1v) is 8.63. The van der Waals surface area contributed by atoms with Crippen molar-refractivity contribution in [3.63, 3.8) is 0 Å². The van der Waals surface area contributed by atoms with Crippen LogP contribution in [0.2, 0.25) is 0 Å². The highest BCUT2D eigenvalue weighted by molar-refractivity contribution is 5.77. The number of nitrogens with zero attached hydrogens (tertiary/aromatic N) is 1. The van der Waals surface area contributed by atoms with E-state index in [1.165, 1.54) is 0 Å². The Morgan fingerprint density at radius 3 is 2.60 bits per heavy atom. The Hall–Kier alpha value is -2.34. The summed E-state index contributed by atoms with van der Waals surface area (Å²) in [7, 11) is 0. The molecule has 0 radical (unpaired) electrons. The quantitative estimate of drug-likeness (QED) is 0.872. The number of hydrogen-bond acceptors (Lipinski definition) is 5. The van der Waals surface area contributed by atoms with E-state index in [2.05, 4.69) is 10.3 Å². The van der Waals surface area contributed by atoms with Crippen LogP contribution in [0.25, 0.3) is 11.5 Å². The van der Waals surface area contributed by atoms with Crippen molar-refractivity contribution >= 4 is 5.91 Å². The Kier molecular flexibility index (Phi) is 5.71. The minimum Gasteiger partial charge on any atom is -0.484 e. The first-order valence-electron chi connectivity index (χ1n) is 8.63. The predicted octanol–water partition coefficient (Wildman–Crippen LogP) is 2.88. The van der Waals surface area contributed by atoms with Gasteiger partial charge in [-0.1, -0.05) is 0 Å². The van der Waals surface area contributed by atoms with E-state index in [0.29, 0.717) is 24.1 Å². The zero-order valence-electron chi connectivity index (χ0n) is 14.7. The van der Waals surface area contributed by atoms with Gasteiger partial charge in [-0.05, 0) is 56.9 Å². The van der Waals surface area contributed by atoms with Crippen LogP contribution in [0.4, 0.5) is 0 Å². The number of rotatable bonds is 6. The molecule has 6 nitrogen and oxygen atoms in total. The third-order valence-corrected chi connectivity index (χ3v) is 4.43. The molecule has 0 spiro atoms. The minimum atomic E-state index is -0.102. The van der Waals surface area contributed by atoms with Gasteiger partial charge in [0.2, 0.25) is 5.89 Å². The lowest BCUT2D eigenvalue weighted by Gasteiger charge is -2.22. The molecule has 1 aromatic heterocycles. The zero-order chi connectivity index (χ0) is 17.6. The summed E-state index contributed by atoms with van der Waals surface area (Å²) < 4.78 is 16.5. The predicted molar refractivity (Wildman–Crippen MR) is 93.5 cm³/mol. The van der Waals surface area contributed by atoms with Gasteiger partial charge in [-0.15, -0.1) is 0 Å². The highest BCUT2D eigenvalue weighted by Gasteiger charge is 2.15. The fourth-order valence-electron chi connectivity index (χ4n) is 2.70. The molecule has 2 aromatic rings. The van der Waals surface area contributed by atoms with Crippen molar-refractivity contribution in [3.8, 4) is 17.2 Å². The van der Waals surface area contributed by atoms with Crippen LogP contribution in [0.1, 0.15) is 24.3 Å². The number of aromatic nitrogens is 1. The molecule has 0 saturated carbocycles. The van der Waals surface area contributed by atoms with Gasteiger partial charge >= 0.3 is 0 Å². The lowest BCUT2D eigenvalue weighted by atomic mass is 10.0. The van der Waals surface area contributed by atoms with E-state index in [1.807, 2.05) is 38.1 Å². The van der Waals surface area contributed by atoms with Crippen LogP contribution in [-0.2, 0) is 9.53 Å². The molecular formula is C19H24N2O4. The molecule has 0 atom stereocenters. The highest BCUT2D eigenvalue weighted by Crippen LogP contribution is 2.23. The Labute approximate surface area is 147 Å². The van der Waals surface area contributed by atoms with E-state index in [4.69, 9.17) is 13.9 Å². The summed E-state index contributed by atoms with van der Waals surface area (Å²) in [6.45, 7) is 6.08. The van der Waals surface area contributed by atoms with E-state index in [0.717, 1.165) is 43.1 Å². The lowest BCUT2D eigenvalue weighted by Crippen LogP contribution is -2.35. The second-order valence-electron chi connectivity index (χ2n) is 6.33. The number of ether oxygens (including phenoxy) is 2. The van der Waals surface area contributed by atoms with Crippen LogP contribution in [0.3, 0.4) is 0 Å². The Morgan fingerprint density at radius 1 is 1.24 bits per heavy atom. The lowest BCUT2D eigenvalue weighted by molar-refractivity contribution is -0.123. The van der Waals surface area contributed by atoms with E-state index in [-0.39, 0.29) is 12.5 Å². The number of oxazole rings is 1. The molecule has 25 heavy (non-hydrogen) atoms. The summed E-state index contributed by atoms with van der Waals surface area (Å²) in [5.74, 6) is 2.46. The molecule has 1 fully saturated rings. The topological polar surface area (TPSA) is 73.6 Å². The van der Waals surface area contributed by atoms with Crippen molar-refractivity contribution in [2.24, 2.45) is 5.92 Å². The maximum atomic E-state index is 11.9. The standard InChI is InChI=1S/C19H24N2O4/c1-13-14(2)25-19(21-13)16-3-5-17(6-4-16)24-12-18(22)20-11-15-7-9-23-10-8-15/h3-6,15H,7-12H2,1-2H3,(H,20,22). The Morgan fingerprint density at radius 2 is 1.96 bits per heavy atom. The Balaban J connectivity index is 1.45. The highest BCUT2D eigenvalue weighted by atomic mass is 16.5. The maximum Gasteiger partial charge on any atom is 0.257 e. The molecule has 2 heterocycles. The maximum absolute atomic E-state index is 11.9. The van der Waals surface area contributed by atoms with Gasteiger partial charge < -0.3 is 19.2 Å². The molecule has 1 aromatic carbocycles. The van der Waals surface area contributed by atoms with Crippen molar-refractivity contribution in [3.05, 3.63) is 35.7 Å². The SMILES string of the molecule is Cc1nc(-c2ccc(OCC(=O)NCC3CCOCC3)cc2)oc1C. The minimum absolute atomic E-state index is 0.0137. The summed E-state index contributed by atoms with van der Waals surface area (Å²) in [4.78, 5) is 16.3. The van der Waals surface area contributed by atoms with Gasteiger partial charge in [0.25, 0.3) is 5.91 Å². The van der Waals surface area contributed by atoms with Crippen LogP contribution < -0.4 is 10.1 Å². The number of hydrogen-bond donors (Lipinski definition) is 1. The summed E-state index contributed by atoms with van der Waals surface area (Å²) in [5, 5.41) is 2.92. The van der Waals surface area contributed by atoms with Crippen LogP contribution in [0.15, 0.2) is 28.7 Å². The van der Waals surface area contributed by atoms with Crippen LogP contribution in [-0.4, -0.2) is 37.3 Å². The van der Waals surface area contributed by atoms with Crippen molar-refractivity contribution in [1.29, 1.82) is 0 Å². The molecule has 3 rings (SSSR count). The van der Waals surface area contributed by atoms with Crippen LogP contribution in [0.5, 0.6) is 5.75 Å². The van der Waals surface area contributed by atoms with Gasteiger partial charge in [-0.3, -0.25) is 4.79 Å². The fourth-order valence-corrected chi connectivity index (χ4v) is 2.70. The summed E-state index contributed by atoms with van der Waals surface area (Å²) in [6, 6.07) is 7.38. The molecule has 1 aliphatic rings. The summed E-state index contributed by atoms with van der Waals surface area (Å²) in [6.07, 6.45) is 2.00. The van der Waals surface area contributed by atoms with E-state index < -0.39 is 0 Å². The number of amides is 1. The van der Waals surface area contributed by atoms with Gasteiger partial charge in [0.05, 0.1) is 5.69 Å². The van der Waals surface area contributed by atoms with Crippen molar-refractivity contribution in [1.82, 2.24) is 10.3 Å². The molecule has 1 aliphatic heterocycles. The second kappa shape index (κ2) is 8.16. The molecule has 6 heteroatoms. The van der Waals surface area contributed by atoms with Gasteiger partial charge in [0.1, 0.15) is 11.5 Å². The summed E-state index contributed by atoms with van der Waals surface area (Å²) >= 11 is 0. The summed E-state index contributed by atoms with van der Waals surface area (Å²) in [5.41, 5.74) is 1.77. The van der Waals surface area contributed by atoms with E-state index >= 15 is 0 Å². The third kappa shape index (κ3) is 4.82. The zero-order valence-corrected chi connectivity index (χ0v) is 14.7. The second-order valence-corrected chi connectivity index (χ2v) is 6.33. The molecule has 1 N–H and O–H groups in total. The number of carbonyl (C=O) groups is 1. The first kappa shape index (κ1) is 17.5. The normalized spacial score (nSPS) is 15.1. The number of carbonyl (C=O) groups excluding carboxylic acids is 1. The van der Waals surface area contributed by atoms with Gasteiger partial charge in [0, 0.05) is 25.3 Å². The molecule has 0 aliphatic carbocycles. The van der Waals surface area contributed by atoms with Crippen molar-refractivity contribution in [2.45, 2.75) is 26.7 Å². The third-order valence-electron chi connectivity index (χ3n) is 4.43. The van der Waals surface area contributed by atoms with Crippen LogP contribution >= 0.6 is 0 Å². The number of nitrogens with one attached hydrogen (secondary N) is 1. The largest absolute Gasteiger partial charge is 0.484 e. The van der Waals surface area contributed by atoms with Gasteiger partial charge in [-0.25, -0.2) is 4.98 Å². The number of aryl methyl sites for hydroxylation is 2. The fraction of sp³-hybridized carbons (Fsp3) is 0.474. The smallest absolute Gasteiger partial charge is 0.257 e. The molecule has 1 amide bonds. The van der Waals surface area contributed by atoms with Crippen molar-refractivity contribution in [2.75, 3.05) is 26.4 Å². The van der Waals surface area contributed by atoms with Gasteiger partial charge in [0.15, 0.2) is 6.61 Å². The monoisotopic (exact) mass is 344 g/mol. The molecule has 0 bridgehead atoms. The number of benzene rings is 1. The first-order chi connectivity index (χ1) is 12.1. The molecular weight excluding hydrogens is 320 g/mol. The van der Waals surface area contributed by atoms with Gasteiger partial charge in [-0.2, -0.15) is 0 Å².